The maximum atomic E-state index is 10.5. The molecule has 2 N–H and O–H groups in total. The molecule has 4 nitrogen and oxygen atoms in total. The summed E-state index contributed by atoms with van der Waals surface area (Å²) in [6.45, 7) is 14.4. The summed E-state index contributed by atoms with van der Waals surface area (Å²) >= 11 is 7.39. The van der Waals surface area contributed by atoms with Crippen LogP contribution in [0.3, 0.4) is 0 Å². The second-order valence-corrected chi connectivity index (χ2v) is 10.2. The number of hydrogen-bond donors (Lipinski definition) is 2. The molecule has 1 aliphatic heterocycles. The summed E-state index contributed by atoms with van der Waals surface area (Å²) in [5, 5.41) is 8.41. The first kappa shape index (κ1) is 27.3. The summed E-state index contributed by atoms with van der Waals surface area (Å²) in [4.78, 5) is 14.4. The fourth-order valence-electron chi connectivity index (χ4n) is 4.23. The van der Waals surface area contributed by atoms with Crippen LogP contribution in [0.2, 0.25) is 0 Å². The predicted octanol–water partition coefficient (Wildman–Crippen LogP) is 6.63. The van der Waals surface area contributed by atoms with Crippen molar-refractivity contribution in [2.75, 3.05) is 18.4 Å². The number of anilines is 1. The van der Waals surface area contributed by atoms with Crippen molar-refractivity contribution in [2.24, 2.45) is 11.8 Å². The van der Waals surface area contributed by atoms with Gasteiger partial charge in [-0.15, -0.1) is 17.9 Å². The van der Waals surface area contributed by atoms with Crippen molar-refractivity contribution in [2.45, 2.75) is 72.8 Å². The van der Waals surface area contributed by atoms with Crippen LogP contribution in [0.4, 0.5) is 5.00 Å². The average molecular weight is 488 g/mol. The molecule has 33 heavy (non-hydrogen) atoms. The summed E-state index contributed by atoms with van der Waals surface area (Å²) in [6, 6.07) is 0. The van der Waals surface area contributed by atoms with E-state index < -0.39 is 0 Å². The van der Waals surface area contributed by atoms with Gasteiger partial charge in [-0.1, -0.05) is 51.2 Å². The Balaban J connectivity index is 0.000000238. The van der Waals surface area contributed by atoms with E-state index in [1.54, 1.807) is 17.4 Å². The lowest BCUT2D eigenvalue weighted by Crippen LogP contribution is -2.38. The van der Waals surface area contributed by atoms with Crippen LogP contribution in [-0.2, 0) is 24.2 Å². The van der Waals surface area contributed by atoms with Gasteiger partial charge in [0.1, 0.15) is 5.00 Å². The van der Waals surface area contributed by atoms with Gasteiger partial charge in [0, 0.05) is 37.0 Å². The third-order valence-electron chi connectivity index (χ3n) is 6.04. The van der Waals surface area contributed by atoms with Crippen molar-refractivity contribution in [3.8, 4) is 0 Å². The number of hydrogen-bond acceptors (Lipinski definition) is 3. The van der Waals surface area contributed by atoms with E-state index in [0.29, 0.717) is 5.92 Å². The van der Waals surface area contributed by atoms with Crippen LogP contribution in [0.25, 0.3) is 0 Å². The highest BCUT2D eigenvalue weighted by Gasteiger charge is 2.28. The third kappa shape index (κ3) is 8.42. The van der Waals surface area contributed by atoms with Gasteiger partial charge in [0.25, 0.3) is 0 Å². The Morgan fingerprint density at radius 1 is 1.36 bits per heavy atom. The van der Waals surface area contributed by atoms with E-state index >= 15 is 0 Å². The first-order chi connectivity index (χ1) is 16.0. The van der Waals surface area contributed by atoms with Gasteiger partial charge in [-0.25, -0.2) is 0 Å². The second kappa shape index (κ2) is 14.4. The van der Waals surface area contributed by atoms with E-state index in [2.05, 4.69) is 53.3 Å². The SMILES string of the molecule is C=CCCN1Cc2c(sc3c2CCC(C)C3)NC1=S.CC.CC(=O)NCCC1C=CC=CC1. The molecule has 2 unspecified atom stereocenters. The molecule has 0 saturated heterocycles. The van der Waals surface area contributed by atoms with Gasteiger partial charge in [0.05, 0.1) is 0 Å². The molecule has 1 aromatic heterocycles. The largest absolute Gasteiger partial charge is 0.356 e. The maximum absolute atomic E-state index is 10.5. The fraction of sp³-hybridized carbons (Fsp3) is 0.556. The van der Waals surface area contributed by atoms with Gasteiger partial charge in [-0.2, -0.15) is 0 Å². The highest BCUT2D eigenvalue weighted by molar-refractivity contribution is 7.80. The van der Waals surface area contributed by atoms with Crippen molar-refractivity contribution in [1.29, 1.82) is 0 Å². The minimum Gasteiger partial charge on any atom is -0.356 e. The topological polar surface area (TPSA) is 44.4 Å². The van der Waals surface area contributed by atoms with Gasteiger partial charge in [0.15, 0.2) is 5.11 Å². The van der Waals surface area contributed by atoms with Crippen molar-refractivity contribution in [3.63, 3.8) is 0 Å². The Labute approximate surface area is 210 Å². The van der Waals surface area contributed by atoms with E-state index in [1.807, 2.05) is 31.3 Å². The Morgan fingerprint density at radius 3 is 2.82 bits per heavy atom. The molecule has 0 aromatic carbocycles. The van der Waals surface area contributed by atoms with Crippen molar-refractivity contribution < 1.29 is 4.79 Å². The van der Waals surface area contributed by atoms with Crippen LogP contribution < -0.4 is 10.6 Å². The van der Waals surface area contributed by atoms with Crippen LogP contribution >= 0.6 is 23.6 Å². The van der Waals surface area contributed by atoms with Crippen LogP contribution in [-0.4, -0.2) is 29.0 Å². The molecule has 0 radical (unpaired) electrons. The zero-order valence-electron chi connectivity index (χ0n) is 20.8. The van der Waals surface area contributed by atoms with Crippen molar-refractivity contribution >= 4 is 39.6 Å². The van der Waals surface area contributed by atoms with E-state index in [1.165, 1.54) is 29.8 Å². The summed E-state index contributed by atoms with van der Waals surface area (Å²) < 4.78 is 0. The molecule has 0 saturated carbocycles. The number of nitrogens with one attached hydrogen (secondary N) is 2. The fourth-order valence-corrected chi connectivity index (χ4v) is 5.97. The highest BCUT2D eigenvalue weighted by Crippen LogP contribution is 2.42. The first-order valence-electron chi connectivity index (χ1n) is 12.4. The highest BCUT2D eigenvalue weighted by atomic mass is 32.1. The molecule has 0 bridgehead atoms. The van der Waals surface area contributed by atoms with Gasteiger partial charge >= 0.3 is 0 Å². The summed E-state index contributed by atoms with van der Waals surface area (Å²) in [7, 11) is 0. The lowest BCUT2D eigenvalue weighted by atomic mass is 9.88. The molecule has 3 aliphatic rings. The Kier molecular flexibility index (Phi) is 11.9. The molecule has 2 heterocycles. The van der Waals surface area contributed by atoms with E-state index in [9.17, 15) is 4.79 Å². The Hall–Kier alpha value is -1.92. The third-order valence-corrected chi connectivity index (χ3v) is 7.61. The van der Waals surface area contributed by atoms with Crippen molar-refractivity contribution in [1.82, 2.24) is 10.2 Å². The standard InChI is InChI=1S/C15H20N2S2.C10H15NO.C2H6/c1-3-4-7-17-9-12-11-6-5-10(2)8-13(11)19-14(12)16-15(17)18;1-9(12)11-8-7-10-5-3-2-4-6-10;1-2/h3,10H,1,4-9H2,2H3,(H,16,18);2-5,10H,6-8H2,1H3,(H,11,12);1-2H3. The molecular formula is C27H41N3OS2. The number of allylic oxidation sites excluding steroid dienone is 4. The number of fused-ring (bicyclic) bond motifs is 3. The number of nitrogens with zero attached hydrogens (tertiary/aromatic N) is 1. The molecule has 1 aromatic rings. The van der Waals surface area contributed by atoms with Gasteiger partial charge in [0.2, 0.25) is 5.91 Å². The van der Waals surface area contributed by atoms with Gasteiger partial charge in [-0.05, 0) is 68.1 Å². The molecule has 2 atom stereocenters. The number of carbonyl (C=O) groups excluding carboxylic acids is 1. The predicted molar refractivity (Wildman–Crippen MR) is 148 cm³/mol. The molecule has 182 valence electrons. The summed E-state index contributed by atoms with van der Waals surface area (Å²) in [5.74, 6) is 1.50. The average Bonchev–Trinajstić information content (AvgIpc) is 3.15. The normalized spacial score (nSPS) is 20.2. The lowest BCUT2D eigenvalue weighted by Gasteiger charge is -2.31. The molecule has 0 fully saturated rings. The van der Waals surface area contributed by atoms with E-state index in [4.69, 9.17) is 12.2 Å². The molecule has 6 heteroatoms. The number of carbonyl (C=O) groups is 1. The maximum Gasteiger partial charge on any atom is 0.216 e. The van der Waals surface area contributed by atoms with Gasteiger partial charge < -0.3 is 15.5 Å². The van der Waals surface area contributed by atoms with Crippen molar-refractivity contribution in [3.05, 3.63) is 53.0 Å². The summed E-state index contributed by atoms with van der Waals surface area (Å²) in [6.07, 6.45) is 17.4. The van der Waals surface area contributed by atoms with Crippen LogP contribution in [0.1, 0.15) is 69.4 Å². The quantitative estimate of drug-likeness (QED) is 0.349. The number of amides is 1. The lowest BCUT2D eigenvalue weighted by molar-refractivity contribution is -0.118. The Morgan fingerprint density at radius 2 is 2.15 bits per heavy atom. The minimum absolute atomic E-state index is 0.0605. The first-order valence-corrected chi connectivity index (χ1v) is 13.6. The number of thiocarbonyl (C=S) groups is 1. The van der Waals surface area contributed by atoms with Gasteiger partial charge in [-0.3, -0.25) is 4.79 Å². The van der Waals surface area contributed by atoms with E-state index in [0.717, 1.165) is 49.9 Å². The van der Waals surface area contributed by atoms with Crippen LogP contribution in [0.15, 0.2) is 37.0 Å². The molecule has 4 rings (SSSR count). The summed E-state index contributed by atoms with van der Waals surface area (Å²) in [5.41, 5.74) is 3.11. The number of rotatable bonds is 6. The monoisotopic (exact) mass is 487 g/mol. The molecule has 2 aliphatic carbocycles. The zero-order valence-corrected chi connectivity index (χ0v) is 22.4. The molecule has 0 spiro atoms. The smallest absolute Gasteiger partial charge is 0.216 e. The van der Waals surface area contributed by atoms with Crippen LogP contribution in [0.5, 0.6) is 0 Å². The van der Waals surface area contributed by atoms with E-state index in [-0.39, 0.29) is 5.91 Å². The molecular weight excluding hydrogens is 446 g/mol. The Bertz CT molecular complexity index is 856. The zero-order chi connectivity index (χ0) is 24.2. The second-order valence-electron chi connectivity index (χ2n) is 8.67. The number of thiophene rings is 1. The molecule has 1 amide bonds. The van der Waals surface area contributed by atoms with Crippen LogP contribution in [0, 0.1) is 11.8 Å². The minimum atomic E-state index is 0.0605.